The maximum atomic E-state index is 14.7. The van der Waals surface area contributed by atoms with Crippen LogP contribution in [0.1, 0.15) is 35.1 Å². The third kappa shape index (κ3) is 3.81. The van der Waals surface area contributed by atoms with E-state index in [1.165, 1.54) is 17.1 Å². The fourth-order valence-electron chi connectivity index (χ4n) is 5.43. The first kappa shape index (κ1) is 22.6. The third-order valence-electron chi connectivity index (χ3n) is 7.33. The minimum Gasteiger partial charge on any atom is -0.370 e. The molecule has 0 spiro atoms. The maximum Gasteiger partial charge on any atom is 0.257 e. The number of piperazine rings is 1. The molecule has 2 fully saturated rings. The van der Waals surface area contributed by atoms with Gasteiger partial charge in [-0.05, 0) is 46.5 Å². The van der Waals surface area contributed by atoms with Crippen molar-refractivity contribution in [1.29, 1.82) is 0 Å². The van der Waals surface area contributed by atoms with E-state index >= 15 is 0 Å². The predicted octanol–water partition coefficient (Wildman–Crippen LogP) is 2.20. The molecule has 2 saturated heterocycles. The Bertz CT molecular complexity index is 1360. The number of hydrogen-bond acceptors (Lipinski definition) is 7. The second kappa shape index (κ2) is 9.00. The summed E-state index contributed by atoms with van der Waals surface area (Å²) in [5, 5.41) is 11.1. The summed E-state index contributed by atoms with van der Waals surface area (Å²) in [6.45, 7) is 9.49. The van der Waals surface area contributed by atoms with Gasteiger partial charge in [-0.2, -0.15) is 4.68 Å². The Morgan fingerprint density at radius 1 is 1.19 bits per heavy atom. The lowest BCUT2D eigenvalue weighted by molar-refractivity contribution is -0.141. The second-order valence-corrected chi connectivity index (χ2v) is 9.25. The molecule has 12 heteroatoms. The number of fused-ring (bicyclic) bond motifs is 2. The smallest absolute Gasteiger partial charge is 0.257 e. The SMILES string of the molecule is [C-]#[N+]c1c(F)ccc([C@H]2CN3CCN(C(=O)C4CCc5cc(-n6cnnn6)ncc54)C[C@H]3CO2)c1F. The predicted molar refractivity (Wildman–Crippen MR) is 121 cm³/mol. The molecule has 6 rings (SSSR count). The fraction of sp³-hybridized carbons (Fsp3) is 0.417. The topological polar surface area (TPSA) is 93.6 Å². The molecule has 2 aliphatic heterocycles. The van der Waals surface area contributed by atoms with Crippen LogP contribution in [0, 0.1) is 18.2 Å². The van der Waals surface area contributed by atoms with Crippen LogP contribution in [0.25, 0.3) is 10.7 Å². The van der Waals surface area contributed by atoms with Crippen LogP contribution in [0.15, 0.2) is 30.7 Å². The summed E-state index contributed by atoms with van der Waals surface area (Å²) in [4.78, 5) is 25.0. The minimum atomic E-state index is -0.873. The normalized spacial score (nSPS) is 23.7. The molecule has 3 aromatic rings. The van der Waals surface area contributed by atoms with Gasteiger partial charge in [0.05, 0.1) is 31.2 Å². The van der Waals surface area contributed by atoms with Crippen LogP contribution in [-0.4, -0.2) is 79.7 Å². The Hall–Kier alpha value is -3.82. The summed E-state index contributed by atoms with van der Waals surface area (Å²) >= 11 is 0. The van der Waals surface area contributed by atoms with Gasteiger partial charge < -0.3 is 9.64 Å². The van der Waals surface area contributed by atoms with Crippen LogP contribution >= 0.6 is 0 Å². The van der Waals surface area contributed by atoms with Crippen molar-refractivity contribution < 1.29 is 18.3 Å². The number of nitrogens with zero attached hydrogens (tertiary/aromatic N) is 8. The average molecular weight is 492 g/mol. The Morgan fingerprint density at radius 3 is 2.89 bits per heavy atom. The Kier molecular flexibility index (Phi) is 5.66. The summed E-state index contributed by atoms with van der Waals surface area (Å²) in [6.07, 6.45) is 4.16. The summed E-state index contributed by atoms with van der Waals surface area (Å²) in [7, 11) is 0. The van der Waals surface area contributed by atoms with E-state index in [1.54, 1.807) is 6.20 Å². The van der Waals surface area contributed by atoms with Gasteiger partial charge in [-0.1, -0.05) is 6.07 Å². The molecule has 0 radical (unpaired) electrons. The minimum absolute atomic E-state index is 0.0102. The molecule has 3 atom stereocenters. The number of benzene rings is 1. The maximum absolute atomic E-state index is 14.7. The van der Waals surface area contributed by atoms with Crippen molar-refractivity contribution in [2.24, 2.45) is 0 Å². The number of pyridine rings is 1. The van der Waals surface area contributed by atoms with Gasteiger partial charge >= 0.3 is 0 Å². The van der Waals surface area contributed by atoms with Crippen molar-refractivity contribution in [3.8, 4) is 5.82 Å². The largest absolute Gasteiger partial charge is 0.370 e. The van der Waals surface area contributed by atoms with E-state index in [-0.39, 0.29) is 23.4 Å². The zero-order valence-corrected chi connectivity index (χ0v) is 19.2. The molecule has 0 bridgehead atoms. The van der Waals surface area contributed by atoms with Crippen LogP contribution in [0.5, 0.6) is 0 Å². The number of tetrazole rings is 1. The fourth-order valence-corrected chi connectivity index (χ4v) is 5.43. The highest BCUT2D eigenvalue weighted by atomic mass is 19.1. The highest BCUT2D eigenvalue weighted by Crippen LogP contribution is 2.37. The molecule has 0 N–H and O–H groups in total. The summed E-state index contributed by atoms with van der Waals surface area (Å²) in [5.74, 6) is -1.27. The molecule has 10 nitrogen and oxygen atoms in total. The van der Waals surface area contributed by atoms with Gasteiger partial charge in [-0.25, -0.2) is 18.6 Å². The summed E-state index contributed by atoms with van der Waals surface area (Å²) in [5.41, 5.74) is 1.61. The number of morpholine rings is 1. The molecular formula is C24H22F2N8O2. The summed E-state index contributed by atoms with van der Waals surface area (Å²) in [6, 6.07) is 4.38. The molecule has 2 aromatic heterocycles. The molecular weight excluding hydrogens is 470 g/mol. The summed E-state index contributed by atoms with van der Waals surface area (Å²) < 4.78 is 35.9. The number of aryl methyl sites for hydroxylation is 1. The number of amides is 1. The zero-order valence-electron chi connectivity index (χ0n) is 19.2. The van der Waals surface area contributed by atoms with Gasteiger partial charge in [0.1, 0.15) is 18.0 Å². The number of carbonyl (C=O) groups excluding carboxylic acids is 1. The third-order valence-corrected chi connectivity index (χ3v) is 7.33. The van der Waals surface area contributed by atoms with E-state index in [1.807, 2.05) is 11.0 Å². The van der Waals surface area contributed by atoms with E-state index in [0.717, 1.165) is 30.0 Å². The van der Waals surface area contributed by atoms with E-state index < -0.39 is 23.4 Å². The highest BCUT2D eigenvalue weighted by Gasteiger charge is 2.39. The molecule has 36 heavy (non-hydrogen) atoms. The quantitative estimate of drug-likeness (QED) is 0.518. The Labute approximate surface area is 205 Å². The van der Waals surface area contributed by atoms with E-state index in [0.29, 0.717) is 38.6 Å². The van der Waals surface area contributed by atoms with Gasteiger partial charge in [-0.3, -0.25) is 9.69 Å². The van der Waals surface area contributed by atoms with Crippen LogP contribution in [0.4, 0.5) is 14.5 Å². The van der Waals surface area contributed by atoms with Crippen LogP contribution in [-0.2, 0) is 16.0 Å². The first-order valence-corrected chi connectivity index (χ1v) is 11.8. The van der Waals surface area contributed by atoms with Gasteiger partial charge in [0.2, 0.25) is 5.91 Å². The van der Waals surface area contributed by atoms with Crippen molar-refractivity contribution in [1.82, 2.24) is 35.0 Å². The molecule has 184 valence electrons. The number of carbonyl (C=O) groups is 1. The van der Waals surface area contributed by atoms with Crippen molar-refractivity contribution >= 4 is 11.6 Å². The van der Waals surface area contributed by atoms with Gasteiger partial charge in [0.25, 0.3) is 5.69 Å². The number of halogens is 2. The highest BCUT2D eigenvalue weighted by molar-refractivity contribution is 5.85. The zero-order chi connectivity index (χ0) is 24.8. The van der Waals surface area contributed by atoms with Crippen molar-refractivity contribution in [3.05, 3.63) is 70.5 Å². The van der Waals surface area contributed by atoms with Crippen LogP contribution < -0.4 is 0 Å². The van der Waals surface area contributed by atoms with E-state index in [4.69, 9.17) is 11.3 Å². The Balaban J connectivity index is 1.12. The Morgan fingerprint density at radius 2 is 2.08 bits per heavy atom. The van der Waals surface area contributed by atoms with Crippen LogP contribution in [0.3, 0.4) is 0 Å². The first-order valence-electron chi connectivity index (χ1n) is 11.8. The standard InChI is InChI=1S/C24H22F2N8O2/c1-27-23-19(25)5-4-17(22(23)26)20-11-32-6-7-33(10-15(32)12-36-20)24(35)16-3-2-14-8-21(28-9-18(14)16)34-13-29-30-31-34/h4-5,8-9,13,15-16,20H,2-3,6-7,10-12H2/t15-,16?,20+/m0/s1. The van der Waals surface area contributed by atoms with Crippen molar-refractivity contribution in [2.45, 2.75) is 30.9 Å². The van der Waals surface area contributed by atoms with Gasteiger partial charge in [-0.15, -0.1) is 5.10 Å². The first-order chi connectivity index (χ1) is 17.5. The lowest BCUT2D eigenvalue weighted by Crippen LogP contribution is -2.60. The molecule has 1 unspecified atom stereocenters. The monoisotopic (exact) mass is 492 g/mol. The van der Waals surface area contributed by atoms with Crippen LogP contribution in [0.2, 0.25) is 0 Å². The van der Waals surface area contributed by atoms with Gasteiger partial charge in [0, 0.05) is 37.9 Å². The lowest BCUT2D eigenvalue weighted by atomic mass is 9.99. The molecule has 1 aliphatic carbocycles. The van der Waals surface area contributed by atoms with Gasteiger partial charge in [0.15, 0.2) is 5.82 Å². The van der Waals surface area contributed by atoms with Crippen molar-refractivity contribution in [3.63, 3.8) is 0 Å². The molecule has 1 aromatic carbocycles. The number of aromatic nitrogens is 5. The molecule has 3 aliphatic rings. The lowest BCUT2D eigenvalue weighted by Gasteiger charge is -2.46. The average Bonchev–Trinajstić information content (AvgIpc) is 3.58. The van der Waals surface area contributed by atoms with E-state index in [2.05, 4.69) is 30.3 Å². The van der Waals surface area contributed by atoms with Crippen molar-refractivity contribution in [2.75, 3.05) is 32.8 Å². The van der Waals surface area contributed by atoms with E-state index in [9.17, 15) is 13.6 Å². The molecule has 0 saturated carbocycles. The number of rotatable bonds is 3. The molecule has 4 heterocycles. The molecule has 1 amide bonds. The second-order valence-electron chi connectivity index (χ2n) is 9.25. The number of ether oxygens (including phenoxy) is 1. The number of hydrogen-bond donors (Lipinski definition) is 0.